The van der Waals surface area contributed by atoms with Gasteiger partial charge in [0, 0.05) is 26.6 Å². The molecule has 3 heterocycles. The van der Waals surface area contributed by atoms with Crippen LogP contribution in [0.25, 0.3) is 11.0 Å². The Kier molecular flexibility index (Phi) is 4.44. The molecule has 1 aromatic carbocycles. The Bertz CT molecular complexity index is 1030. The average molecular weight is 386 g/mol. The second-order valence-corrected chi connectivity index (χ2v) is 7.47. The summed E-state index contributed by atoms with van der Waals surface area (Å²) in [6.07, 6.45) is 1.09. The number of piperidine rings is 2. The molecule has 3 amide bonds. The number of nitrogens with zero attached hydrogens (tertiary/aromatic N) is 3. The first-order valence-corrected chi connectivity index (χ1v) is 9.39. The lowest BCUT2D eigenvalue weighted by atomic mass is 9.89. The molecule has 4 rings (SSSR count). The Morgan fingerprint density at radius 3 is 2.46 bits per heavy atom. The van der Waals surface area contributed by atoms with Gasteiger partial charge < -0.3 is 10.0 Å². The lowest BCUT2D eigenvalue weighted by molar-refractivity contribution is -0.135. The zero-order valence-corrected chi connectivity index (χ0v) is 15.6. The van der Waals surface area contributed by atoms with Gasteiger partial charge in [0.05, 0.1) is 11.0 Å². The summed E-state index contributed by atoms with van der Waals surface area (Å²) in [4.78, 5) is 49.0. The maximum Gasteiger partial charge on any atom is 0.407 e. The van der Waals surface area contributed by atoms with Gasteiger partial charge in [-0.3, -0.25) is 24.0 Å². The molecule has 0 spiro atoms. The number of carboxylic acid groups (broad SMARTS) is 1. The molecule has 2 N–H and O–H groups in total. The molecule has 1 unspecified atom stereocenters. The number of fused-ring (bicyclic) bond motifs is 1. The first kappa shape index (κ1) is 18.3. The first-order valence-electron chi connectivity index (χ1n) is 9.39. The van der Waals surface area contributed by atoms with Crippen LogP contribution in [0.1, 0.15) is 43.2 Å². The van der Waals surface area contributed by atoms with Gasteiger partial charge in [-0.2, -0.15) is 0 Å². The van der Waals surface area contributed by atoms with Crippen LogP contribution >= 0.6 is 0 Å². The fourth-order valence-electron chi connectivity index (χ4n) is 4.27. The van der Waals surface area contributed by atoms with E-state index in [1.165, 1.54) is 14.0 Å². The Morgan fingerprint density at radius 2 is 1.82 bits per heavy atom. The van der Waals surface area contributed by atoms with Crippen LogP contribution in [-0.2, 0) is 16.6 Å². The van der Waals surface area contributed by atoms with E-state index in [0.717, 1.165) is 23.9 Å². The van der Waals surface area contributed by atoms with Crippen LogP contribution in [0.15, 0.2) is 23.0 Å². The number of carbonyl (C=O) groups is 3. The van der Waals surface area contributed by atoms with Crippen molar-refractivity contribution in [1.82, 2.24) is 19.4 Å². The number of carbonyl (C=O) groups excluding carboxylic acids is 2. The van der Waals surface area contributed by atoms with E-state index in [9.17, 15) is 19.2 Å². The second-order valence-electron chi connectivity index (χ2n) is 7.47. The van der Waals surface area contributed by atoms with E-state index in [-0.39, 0.29) is 23.9 Å². The lowest BCUT2D eigenvalue weighted by Gasteiger charge is -2.30. The standard InChI is InChI=1S/C19H22N4O5/c1-21-15-10-12(11-6-8-22(9-7-11)19(27)28)2-3-13(15)23(18(21)26)14-4-5-16(24)20-17(14)25/h2-3,10-11,14H,4-9H2,1H3,(H,27,28)(H,20,24,25). The van der Waals surface area contributed by atoms with E-state index in [2.05, 4.69) is 5.32 Å². The first-order chi connectivity index (χ1) is 13.4. The predicted molar refractivity (Wildman–Crippen MR) is 100 cm³/mol. The number of rotatable bonds is 2. The van der Waals surface area contributed by atoms with Gasteiger partial charge in [-0.25, -0.2) is 9.59 Å². The fraction of sp³-hybridized carbons (Fsp3) is 0.474. The van der Waals surface area contributed by atoms with Gasteiger partial charge in [-0.15, -0.1) is 0 Å². The van der Waals surface area contributed by atoms with Crippen LogP contribution in [0.3, 0.4) is 0 Å². The second kappa shape index (κ2) is 6.81. The molecule has 0 bridgehead atoms. The van der Waals surface area contributed by atoms with Crippen molar-refractivity contribution in [1.29, 1.82) is 0 Å². The fourth-order valence-corrected chi connectivity index (χ4v) is 4.27. The van der Waals surface area contributed by atoms with Gasteiger partial charge in [-0.05, 0) is 42.9 Å². The molecule has 2 saturated heterocycles. The predicted octanol–water partition coefficient (Wildman–Crippen LogP) is 1.18. The van der Waals surface area contributed by atoms with Crippen LogP contribution in [0.5, 0.6) is 0 Å². The molecule has 1 atom stereocenters. The Morgan fingerprint density at radius 1 is 1.11 bits per heavy atom. The molecule has 2 fully saturated rings. The zero-order chi connectivity index (χ0) is 20.0. The summed E-state index contributed by atoms with van der Waals surface area (Å²) in [6.45, 7) is 0.989. The number of aryl methyl sites for hydroxylation is 1. The van der Waals surface area contributed by atoms with Crippen molar-refractivity contribution < 1.29 is 19.5 Å². The number of likely N-dealkylation sites (tertiary alicyclic amines) is 1. The van der Waals surface area contributed by atoms with Crippen molar-refractivity contribution in [3.63, 3.8) is 0 Å². The molecule has 2 aliphatic heterocycles. The third-order valence-corrected chi connectivity index (χ3v) is 5.87. The van der Waals surface area contributed by atoms with Crippen LogP contribution in [0, 0.1) is 0 Å². The minimum atomic E-state index is -0.891. The smallest absolute Gasteiger partial charge is 0.407 e. The highest BCUT2D eigenvalue weighted by Crippen LogP contribution is 2.31. The van der Waals surface area contributed by atoms with Gasteiger partial charge >= 0.3 is 11.8 Å². The highest BCUT2D eigenvalue weighted by molar-refractivity contribution is 6.00. The molecule has 9 nitrogen and oxygen atoms in total. The number of hydrogen-bond donors (Lipinski definition) is 2. The van der Waals surface area contributed by atoms with Crippen molar-refractivity contribution in [2.45, 2.75) is 37.6 Å². The van der Waals surface area contributed by atoms with Crippen molar-refractivity contribution in [2.24, 2.45) is 7.05 Å². The maximum atomic E-state index is 12.8. The molecule has 0 aliphatic carbocycles. The van der Waals surface area contributed by atoms with Crippen molar-refractivity contribution in [2.75, 3.05) is 13.1 Å². The molecular formula is C19H22N4O5. The van der Waals surface area contributed by atoms with E-state index in [1.54, 1.807) is 7.05 Å². The highest BCUT2D eigenvalue weighted by atomic mass is 16.4. The third-order valence-electron chi connectivity index (χ3n) is 5.87. The van der Waals surface area contributed by atoms with E-state index >= 15 is 0 Å². The van der Waals surface area contributed by atoms with Crippen molar-refractivity contribution in [3.8, 4) is 0 Å². The van der Waals surface area contributed by atoms with Gasteiger partial charge in [0.15, 0.2) is 0 Å². The zero-order valence-electron chi connectivity index (χ0n) is 15.6. The number of aromatic nitrogens is 2. The topological polar surface area (TPSA) is 114 Å². The summed E-state index contributed by atoms with van der Waals surface area (Å²) in [5.41, 5.74) is 2.16. The van der Waals surface area contributed by atoms with Gasteiger partial charge in [0.2, 0.25) is 11.8 Å². The number of imidazole rings is 1. The Labute approximate surface area is 160 Å². The van der Waals surface area contributed by atoms with Gasteiger partial charge in [-0.1, -0.05) is 6.07 Å². The molecule has 9 heteroatoms. The number of benzene rings is 1. The summed E-state index contributed by atoms with van der Waals surface area (Å²) in [5.74, 6) is -0.533. The molecule has 148 valence electrons. The van der Waals surface area contributed by atoms with E-state index in [4.69, 9.17) is 5.11 Å². The summed E-state index contributed by atoms with van der Waals surface area (Å²) in [5, 5.41) is 11.4. The monoisotopic (exact) mass is 386 g/mol. The normalized spacial score (nSPS) is 21.2. The molecule has 28 heavy (non-hydrogen) atoms. The number of hydrogen-bond acceptors (Lipinski definition) is 4. The quantitative estimate of drug-likeness (QED) is 0.753. The van der Waals surface area contributed by atoms with E-state index in [1.807, 2.05) is 18.2 Å². The molecule has 0 saturated carbocycles. The van der Waals surface area contributed by atoms with Crippen LogP contribution in [0.4, 0.5) is 4.79 Å². The molecule has 0 radical (unpaired) electrons. The largest absolute Gasteiger partial charge is 0.465 e. The summed E-state index contributed by atoms with van der Waals surface area (Å²) in [6, 6.07) is 5.06. The number of imide groups is 1. The maximum absolute atomic E-state index is 12.8. The molecule has 1 aromatic heterocycles. The number of nitrogens with one attached hydrogen (secondary N) is 1. The summed E-state index contributed by atoms with van der Waals surface area (Å²) < 4.78 is 2.99. The van der Waals surface area contributed by atoms with Crippen LogP contribution in [0.2, 0.25) is 0 Å². The minimum absolute atomic E-state index is 0.208. The molecular weight excluding hydrogens is 364 g/mol. The van der Waals surface area contributed by atoms with E-state index < -0.39 is 18.0 Å². The van der Waals surface area contributed by atoms with Gasteiger partial charge in [0.1, 0.15) is 6.04 Å². The van der Waals surface area contributed by atoms with Crippen molar-refractivity contribution in [3.05, 3.63) is 34.2 Å². The van der Waals surface area contributed by atoms with Crippen LogP contribution < -0.4 is 11.0 Å². The lowest BCUT2D eigenvalue weighted by Crippen LogP contribution is -2.44. The molecule has 2 aliphatic rings. The van der Waals surface area contributed by atoms with Crippen LogP contribution in [-0.4, -0.2) is 50.1 Å². The summed E-state index contributed by atoms with van der Waals surface area (Å²) >= 11 is 0. The third kappa shape index (κ3) is 2.96. The van der Waals surface area contributed by atoms with E-state index in [0.29, 0.717) is 25.0 Å². The Balaban J connectivity index is 1.67. The highest BCUT2D eigenvalue weighted by Gasteiger charge is 2.31. The Hall–Kier alpha value is -3.10. The average Bonchev–Trinajstić information content (AvgIpc) is 2.92. The minimum Gasteiger partial charge on any atom is -0.465 e. The SMILES string of the molecule is Cn1c(=O)n(C2CCC(=O)NC2=O)c2ccc(C3CCN(C(=O)O)CC3)cc21. The summed E-state index contributed by atoms with van der Waals surface area (Å²) in [7, 11) is 1.67. The van der Waals surface area contributed by atoms with Gasteiger partial charge in [0.25, 0.3) is 0 Å². The van der Waals surface area contributed by atoms with Crippen molar-refractivity contribution >= 4 is 28.9 Å². The molecule has 2 aromatic rings. The number of amides is 3.